The van der Waals surface area contributed by atoms with E-state index in [1.54, 1.807) is 11.3 Å². The Morgan fingerprint density at radius 2 is 1.50 bits per heavy atom. The highest BCUT2D eigenvalue weighted by molar-refractivity contribution is 7.07. The molecule has 3 nitrogen and oxygen atoms in total. The molecule has 0 fully saturated rings. The molecule has 0 aliphatic heterocycles. The summed E-state index contributed by atoms with van der Waals surface area (Å²) >= 11 is 1.71. The largest absolute Gasteiger partial charge is 0.411 e. The zero-order valence-corrected chi connectivity index (χ0v) is 9.35. The number of fused-ring (bicyclic) bond motifs is 1. The second-order valence-electron chi connectivity index (χ2n) is 2.81. The summed E-state index contributed by atoms with van der Waals surface area (Å²) in [5, 5.41) is 15.2. The third kappa shape index (κ3) is 3.67. The quantitative estimate of drug-likeness (QED) is 0.369. The molecule has 1 N–H and O–H groups in total. The fraction of sp³-hybridized carbons (Fsp3) is 0. The van der Waals surface area contributed by atoms with Crippen LogP contribution in [0.2, 0.25) is 0 Å². The summed E-state index contributed by atoms with van der Waals surface area (Å²) in [4.78, 5) is 10.5. The van der Waals surface area contributed by atoms with Gasteiger partial charge in [0, 0.05) is 17.5 Å². The molecule has 0 unspecified atom stereocenters. The molecule has 0 saturated carbocycles. The van der Waals surface area contributed by atoms with Crippen molar-refractivity contribution in [2.75, 3.05) is 0 Å². The SMILES string of the molecule is C=NO.O=c1c2ccccc12.c1ccsc1. The first-order valence-corrected chi connectivity index (χ1v) is 5.46. The van der Waals surface area contributed by atoms with Crippen molar-refractivity contribution >= 4 is 28.8 Å². The van der Waals surface area contributed by atoms with Crippen LogP contribution in [0, 0.1) is 0 Å². The Bertz CT molecular complexity index is 488. The Hall–Kier alpha value is -1.94. The Morgan fingerprint density at radius 1 is 1.06 bits per heavy atom. The molecule has 0 bridgehead atoms. The lowest BCUT2D eigenvalue weighted by Crippen LogP contribution is -1.66. The maximum absolute atomic E-state index is 10.5. The Kier molecular flexibility index (Phi) is 4.95. The molecular formula is C12H11NO2S. The molecule has 0 saturated heterocycles. The fourth-order valence-corrected chi connectivity index (χ4v) is 1.51. The van der Waals surface area contributed by atoms with Gasteiger partial charge in [-0.15, -0.1) is 5.16 Å². The molecule has 1 heterocycles. The average Bonchev–Trinajstić information content (AvgIpc) is 2.77. The van der Waals surface area contributed by atoms with Crippen LogP contribution in [0.3, 0.4) is 0 Å². The third-order valence-corrected chi connectivity index (χ3v) is 2.41. The van der Waals surface area contributed by atoms with Crippen LogP contribution < -0.4 is 5.43 Å². The Balaban J connectivity index is 0.000000139. The van der Waals surface area contributed by atoms with Crippen molar-refractivity contribution < 1.29 is 5.21 Å². The zero-order chi connectivity index (χ0) is 11.8. The number of rotatable bonds is 0. The zero-order valence-electron chi connectivity index (χ0n) is 8.54. The highest BCUT2D eigenvalue weighted by atomic mass is 32.1. The van der Waals surface area contributed by atoms with E-state index in [1.807, 2.05) is 47.2 Å². The molecule has 16 heavy (non-hydrogen) atoms. The first-order valence-electron chi connectivity index (χ1n) is 4.52. The minimum absolute atomic E-state index is 0.218. The van der Waals surface area contributed by atoms with Gasteiger partial charge in [0.2, 0.25) is 0 Å². The van der Waals surface area contributed by atoms with E-state index in [4.69, 9.17) is 5.21 Å². The van der Waals surface area contributed by atoms with Crippen LogP contribution in [-0.2, 0) is 0 Å². The van der Waals surface area contributed by atoms with Crippen LogP contribution in [0.25, 0.3) is 10.8 Å². The standard InChI is InChI=1S/C7H4O.C4H4S.CH3NO/c8-7-5-3-1-2-4-6(5)7;1-2-4-5-3-1;1-2-3/h1-4H;1-4H;3H,1H2. The number of nitrogens with zero attached hydrogens (tertiary/aromatic N) is 1. The summed E-state index contributed by atoms with van der Waals surface area (Å²) in [5.41, 5.74) is 0.218. The average molecular weight is 233 g/mol. The monoisotopic (exact) mass is 233 g/mol. The lowest BCUT2D eigenvalue weighted by Gasteiger charge is -1.66. The Morgan fingerprint density at radius 3 is 1.75 bits per heavy atom. The van der Waals surface area contributed by atoms with Crippen molar-refractivity contribution in [2.24, 2.45) is 5.16 Å². The van der Waals surface area contributed by atoms with Gasteiger partial charge in [0.1, 0.15) is 0 Å². The van der Waals surface area contributed by atoms with Crippen LogP contribution in [0.15, 0.2) is 57.1 Å². The normalized spacial score (nSPS) is 8.75. The maximum Gasteiger partial charge on any atom is 0.194 e. The predicted octanol–water partition coefficient (Wildman–Crippen LogP) is 2.90. The van der Waals surface area contributed by atoms with E-state index in [-0.39, 0.29) is 5.43 Å². The van der Waals surface area contributed by atoms with Gasteiger partial charge in [-0.25, -0.2) is 0 Å². The number of hydrogen-bond donors (Lipinski definition) is 1. The van der Waals surface area contributed by atoms with Gasteiger partial charge in [-0.2, -0.15) is 11.3 Å². The van der Waals surface area contributed by atoms with Crippen LogP contribution >= 0.6 is 11.3 Å². The second-order valence-corrected chi connectivity index (χ2v) is 3.63. The van der Waals surface area contributed by atoms with E-state index in [1.165, 1.54) is 0 Å². The molecule has 0 aliphatic carbocycles. The van der Waals surface area contributed by atoms with Gasteiger partial charge in [-0.1, -0.05) is 36.4 Å². The maximum atomic E-state index is 10.5. The van der Waals surface area contributed by atoms with E-state index in [0.717, 1.165) is 10.8 Å². The van der Waals surface area contributed by atoms with Gasteiger partial charge in [0.05, 0.1) is 0 Å². The summed E-state index contributed by atoms with van der Waals surface area (Å²) < 4.78 is 0. The first-order chi connectivity index (χ1) is 7.81. The number of hydrogen-bond acceptors (Lipinski definition) is 4. The van der Waals surface area contributed by atoms with Crippen molar-refractivity contribution in [1.29, 1.82) is 0 Å². The third-order valence-electron chi connectivity index (χ3n) is 1.78. The number of benzene rings is 1. The number of oxime groups is 1. The van der Waals surface area contributed by atoms with Crippen molar-refractivity contribution in [3.63, 3.8) is 0 Å². The molecule has 2 aromatic carbocycles. The molecule has 4 heteroatoms. The van der Waals surface area contributed by atoms with Crippen LogP contribution in [0.4, 0.5) is 0 Å². The van der Waals surface area contributed by atoms with Gasteiger partial charge in [-0.05, 0) is 10.8 Å². The Labute approximate surface area is 97.0 Å². The van der Waals surface area contributed by atoms with Gasteiger partial charge in [-0.3, -0.25) is 4.79 Å². The van der Waals surface area contributed by atoms with Crippen molar-refractivity contribution in [3.05, 3.63) is 57.4 Å². The van der Waals surface area contributed by atoms with E-state index in [0.29, 0.717) is 0 Å². The molecule has 1 aromatic heterocycles. The molecular weight excluding hydrogens is 222 g/mol. The summed E-state index contributed by atoms with van der Waals surface area (Å²) in [6.45, 7) is 2.67. The molecule has 0 amide bonds. The molecule has 0 aliphatic rings. The second kappa shape index (κ2) is 6.53. The first kappa shape index (κ1) is 12.1. The van der Waals surface area contributed by atoms with E-state index in [2.05, 4.69) is 11.9 Å². The topological polar surface area (TPSA) is 49.7 Å². The summed E-state index contributed by atoms with van der Waals surface area (Å²) in [6.07, 6.45) is 0. The van der Waals surface area contributed by atoms with E-state index in [9.17, 15) is 4.79 Å². The van der Waals surface area contributed by atoms with Gasteiger partial charge >= 0.3 is 0 Å². The van der Waals surface area contributed by atoms with Crippen molar-refractivity contribution in [2.45, 2.75) is 0 Å². The van der Waals surface area contributed by atoms with Gasteiger partial charge < -0.3 is 5.21 Å². The summed E-state index contributed by atoms with van der Waals surface area (Å²) in [6, 6.07) is 11.5. The lowest BCUT2D eigenvalue weighted by molar-refractivity contribution is 0.323. The fourth-order valence-electron chi connectivity index (χ4n) is 1.06. The minimum Gasteiger partial charge on any atom is -0.411 e. The molecule has 0 radical (unpaired) electrons. The molecule has 3 rings (SSSR count). The highest BCUT2D eigenvalue weighted by Crippen LogP contribution is 2.11. The summed E-state index contributed by atoms with van der Waals surface area (Å²) in [5.74, 6) is 0. The predicted molar refractivity (Wildman–Crippen MR) is 68.2 cm³/mol. The highest BCUT2D eigenvalue weighted by Gasteiger charge is 2.07. The van der Waals surface area contributed by atoms with Crippen molar-refractivity contribution in [1.82, 2.24) is 0 Å². The minimum atomic E-state index is 0.218. The summed E-state index contributed by atoms with van der Waals surface area (Å²) in [7, 11) is 0. The van der Waals surface area contributed by atoms with Crippen LogP contribution in [0.5, 0.6) is 0 Å². The van der Waals surface area contributed by atoms with E-state index < -0.39 is 0 Å². The number of thiophene rings is 1. The van der Waals surface area contributed by atoms with Crippen LogP contribution in [0.1, 0.15) is 0 Å². The molecule has 3 aromatic rings. The van der Waals surface area contributed by atoms with Crippen LogP contribution in [-0.4, -0.2) is 11.9 Å². The van der Waals surface area contributed by atoms with Crippen molar-refractivity contribution in [3.8, 4) is 0 Å². The molecule has 0 spiro atoms. The van der Waals surface area contributed by atoms with Gasteiger partial charge in [0.15, 0.2) is 5.43 Å². The molecule has 0 atom stereocenters. The lowest BCUT2D eigenvalue weighted by atomic mass is 10.4. The molecule has 82 valence electrons. The smallest absolute Gasteiger partial charge is 0.194 e. The van der Waals surface area contributed by atoms with E-state index >= 15 is 0 Å². The van der Waals surface area contributed by atoms with Gasteiger partial charge in [0.25, 0.3) is 0 Å².